The van der Waals surface area contributed by atoms with Gasteiger partial charge in [-0.2, -0.15) is 13.2 Å². The molecule has 9 heteroatoms. The van der Waals surface area contributed by atoms with Gasteiger partial charge in [0, 0.05) is 36.6 Å². The molecule has 0 aromatic heterocycles. The van der Waals surface area contributed by atoms with Crippen LogP contribution in [0.1, 0.15) is 6.92 Å². The van der Waals surface area contributed by atoms with Crippen molar-refractivity contribution in [1.82, 2.24) is 0 Å². The minimum absolute atomic E-state index is 0.124. The predicted molar refractivity (Wildman–Crippen MR) is 67.8 cm³/mol. The van der Waals surface area contributed by atoms with Crippen LogP contribution < -0.4 is 10.6 Å². The lowest BCUT2D eigenvalue weighted by Gasteiger charge is -2.16. The van der Waals surface area contributed by atoms with Crippen molar-refractivity contribution in [3.63, 3.8) is 0 Å². The molecule has 1 aromatic rings. The average Bonchev–Trinajstić information content (AvgIpc) is 2.34. The van der Waals surface area contributed by atoms with Crippen molar-refractivity contribution in [2.45, 2.75) is 19.2 Å². The molecule has 1 aromatic carbocycles. The number of aliphatic hydroxyl groups is 1. The van der Waals surface area contributed by atoms with Gasteiger partial charge in [-0.3, -0.25) is 10.1 Å². The van der Waals surface area contributed by atoms with E-state index in [0.29, 0.717) is 12.2 Å². The molecule has 1 rings (SSSR count). The first-order chi connectivity index (χ1) is 9.24. The van der Waals surface area contributed by atoms with Gasteiger partial charge in [0.05, 0.1) is 4.92 Å². The second-order valence-corrected chi connectivity index (χ2v) is 3.99. The number of alkyl halides is 3. The zero-order chi connectivity index (χ0) is 15.3. The van der Waals surface area contributed by atoms with Gasteiger partial charge in [-0.25, -0.2) is 0 Å². The summed E-state index contributed by atoms with van der Waals surface area (Å²) in [6.07, 6.45) is -7.28. The van der Waals surface area contributed by atoms with Crippen LogP contribution in [0.3, 0.4) is 0 Å². The van der Waals surface area contributed by atoms with Crippen LogP contribution in [0.25, 0.3) is 0 Å². The van der Waals surface area contributed by atoms with E-state index >= 15 is 0 Å². The summed E-state index contributed by atoms with van der Waals surface area (Å²) in [6.45, 7) is 1.50. The Balaban J connectivity index is 2.86. The maximum atomic E-state index is 12.1. The number of halogens is 3. The van der Waals surface area contributed by atoms with E-state index in [1.165, 1.54) is 12.1 Å². The van der Waals surface area contributed by atoms with Crippen molar-refractivity contribution in [1.29, 1.82) is 0 Å². The quantitative estimate of drug-likeness (QED) is 0.553. The highest BCUT2D eigenvalue weighted by Gasteiger charge is 2.37. The second kappa shape index (κ2) is 6.42. The lowest BCUT2D eigenvalue weighted by atomic mass is 10.2. The molecule has 0 fully saturated rings. The number of hydrogen-bond acceptors (Lipinski definition) is 5. The Kier molecular flexibility index (Phi) is 5.14. The van der Waals surface area contributed by atoms with E-state index in [1.807, 2.05) is 0 Å². The maximum absolute atomic E-state index is 12.1. The normalized spacial score (nSPS) is 12.8. The molecule has 6 nitrogen and oxygen atoms in total. The predicted octanol–water partition coefficient (Wildman–Crippen LogP) is 2.36. The molecule has 1 unspecified atom stereocenters. The highest BCUT2D eigenvalue weighted by Crippen LogP contribution is 2.25. The monoisotopic (exact) mass is 293 g/mol. The number of anilines is 2. The zero-order valence-corrected chi connectivity index (χ0v) is 10.6. The zero-order valence-electron chi connectivity index (χ0n) is 10.6. The van der Waals surface area contributed by atoms with E-state index in [-0.39, 0.29) is 11.4 Å². The van der Waals surface area contributed by atoms with Crippen LogP contribution in [0, 0.1) is 10.1 Å². The van der Waals surface area contributed by atoms with Gasteiger partial charge in [0.2, 0.25) is 0 Å². The van der Waals surface area contributed by atoms with Crippen molar-refractivity contribution in [3.8, 4) is 0 Å². The highest BCUT2D eigenvalue weighted by atomic mass is 19.4. The topological polar surface area (TPSA) is 87.4 Å². The number of non-ortho nitro benzene ring substituents is 1. The summed E-state index contributed by atoms with van der Waals surface area (Å²) in [5.41, 5.74) is 0.275. The molecule has 3 N–H and O–H groups in total. The van der Waals surface area contributed by atoms with E-state index < -0.39 is 23.7 Å². The van der Waals surface area contributed by atoms with Crippen LogP contribution in [0.5, 0.6) is 0 Å². The minimum Gasteiger partial charge on any atom is -0.385 e. The molecule has 0 saturated carbocycles. The molecule has 0 aliphatic rings. The third-order valence-corrected chi connectivity index (χ3v) is 2.39. The van der Waals surface area contributed by atoms with E-state index in [0.717, 1.165) is 6.07 Å². The summed E-state index contributed by atoms with van der Waals surface area (Å²) >= 11 is 0. The molecule has 0 saturated heterocycles. The Morgan fingerprint density at radius 3 is 2.30 bits per heavy atom. The number of rotatable bonds is 6. The molecule has 0 aliphatic carbocycles. The van der Waals surface area contributed by atoms with Gasteiger partial charge >= 0.3 is 6.18 Å². The number of nitro groups is 1. The molecule has 0 aliphatic heterocycles. The van der Waals surface area contributed by atoms with Crippen LogP contribution >= 0.6 is 0 Å². The van der Waals surface area contributed by atoms with Crippen LogP contribution in [-0.4, -0.2) is 35.4 Å². The molecule has 0 radical (unpaired) electrons. The molecule has 0 amide bonds. The fourth-order valence-corrected chi connectivity index (χ4v) is 1.46. The molecule has 0 spiro atoms. The maximum Gasteiger partial charge on any atom is 0.416 e. The lowest BCUT2D eigenvalue weighted by molar-refractivity contribution is -0.384. The molecular formula is C11H14F3N3O3. The fourth-order valence-electron chi connectivity index (χ4n) is 1.46. The summed E-state index contributed by atoms with van der Waals surface area (Å²) < 4.78 is 36.4. The Morgan fingerprint density at radius 1 is 1.30 bits per heavy atom. The third kappa shape index (κ3) is 4.57. The smallest absolute Gasteiger partial charge is 0.385 e. The van der Waals surface area contributed by atoms with E-state index in [9.17, 15) is 23.3 Å². The second-order valence-electron chi connectivity index (χ2n) is 3.99. The number of hydrogen-bond donors (Lipinski definition) is 3. The molecule has 112 valence electrons. The molecule has 1 atom stereocenters. The fraction of sp³-hybridized carbons (Fsp3) is 0.455. The summed E-state index contributed by atoms with van der Waals surface area (Å²) in [5, 5.41) is 24.8. The Labute approximate surface area is 112 Å². The van der Waals surface area contributed by atoms with Gasteiger partial charge in [-0.15, -0.1) is 0 Å². The first-order valence-electron chi connectivity index (χ1n) is 5.76. The third-order valence-electron chi connectivity index (χ3n) is 2.39. The number of benzene rings is 1. The molecular weight excluding hydrogens is 279 g/mol. The lowest BCUT2D eigenvalue weighted by Crippen LogP contribution is -2.35. The molecule has 20 heavy (non-hydrogen) atoms. The first-order valence-corrected chi connectivity index (χ1v) is 5.76. The Bertz CT molecular complexity index is 480. The average molecular weight is 293 g/mol. The van der Waals surface area contributed by atoms with Crippen LogP contribution in [0.2, 0.25) is 0 Å². The van der Waals surface area contributed by atoms with Crippen LogP contribution in [0.4, 0.5) is 30.2 Å². The minimum atomic E-state index is -4.74. The van der Waals surface area contributed by atoms with Crippen molar-refractivity contribution in [2.24, 2.45) is 0 Å². The number of aliphatic hydroxyl groups excluding tert-OH is 1. The van der Waals surface area contributed by atoms with E-state index in [2.05, 4.69) is 10.6 Å². The summed E-state index contributed by atoms with van der Waals surface area (Å²) in [7, 11) is 0. The van der Waals surface area contributed by atoms with Crippen LogP contribution in [-0.2, 0) is 0 Å². The van der Waals surface area contributed by atoms with Crippen molar-refractivity contribution in [2.75, 3.05) is 23.7 Å². The first kappa shape index (κ1) is 16.0. The van der Waals surface area contributed by atoms with Crippen LogP contribution in [0.15, 0.2) is 18.2 Å². The van der Waals surface area contributed by atoms with E-state index in [4.69, 9.17) is 5.11 Å². The largest absolute Gasteiger partial charge is 0.416 e. The summed E-state index contributed by atoms with van der Waals surface area (Å²) in [6, 6.07) is 3.80. The van der Waals surface area contributed by atoms with E-state index in [1.54, 1.807) is 6.92 Å². The van der Waals surface area contributed by atoms with Gasteiger partial charge in [-0.05, 0) is 13.0 Å². The van der Waals surface area contributed by atoms with Crippen molar-refractivity contribution < 1.29 is 23.2 Å². The van der Waals surface area contributed by atoms with Gasteiger partial charge in [-0.1, -0.05) is 0 Å². The highest BCUT2D eigenvalue weighted by molar-refractivity contribution is 5.63. The number of nitrogens with zero attached hydrogens (tertiary/aromatic N) is 1. The Hall–Kier alpha value is -2.03. The van der Waals surface area contributed by atoms with Gasteiger partial charge in [0.15, 0.2) is 6.10 Å². The molecule has 0 bridgehead atoms. The van der Waals surface area contributed by atoms with Crippen molar-refractivity contribution >= 4 is 17.1 Å². The van der Waals surface area contributed by atoms with Gasteiger partial charge in [0.25, 0.3) is 5.69 Å². The van der Waals surface area contributed by atoms with Gasteiger partial charge in [0.1, 0.15) is 0 Å². The number of nitrogens with one attached hydrogen (secondary N) is 2. The Morgan fingerprint density at radius 2 is 1.85 bits per heavy atom. The van der Waals surface area contributed by atoms with Gasteiger partial charge < -0.3 is 15.7 Å². The standard InChI is InChI=1S/C11H14F3N3O3/c1-2-15-7-3-8(5-9(4-7)17(19)20)16-6-10(18)11(12,13)14/h3-5,10,15-16,18H,2,6H2,1H3. The number of nitro benzene ring substituents is 1. The SMILES string of the molecule is CCNc1cc(NCC(O)C(F)(F)F)cc([N+](=O)[O-])c1. The molecule has 0 heterocycles. The summed E-state index contributed by atoms with van der Waals surface area (Å²) in [5.74, 6) is 0. The summed E-state index contributed by atoms with van der Waals surface area (Å²) in [4.78, 5) is 10.1. The van der Waals surface area contributed by atoms with Crippen molar-refractivity contribution in [3.05, 3.63) is 28.3 Å².